The average Bonchev–Trinajstić information content (AvgIpc) is 3.11. The summed E-state index contributed by atoms with van der Waals surface area (Å²) < 4.78 is 11.0. The Balaban J connectivity index is 1.54. The minimum Gasteiger partial charge on any atom is -0.379 e. The number of carbonyl (C=O) groups excluding carboxylic acids is 2. The van der Waals surface area contributed by atoms with Crippen LogP contribution in [0.25, 0.3) is 0 Å². The largest absolute Gasteiger partial charge is 0.379 e. The normalized spacial score (nSPS) is 16.6. The van der Waals surface area contributed by atoms with E-state index >= 15 is 0 Å². The highest BCUT2D eigenvalue weighted by atomic mass is 16.5. The van der Waals surface area contributed by atoms with Gasteiger partial charge in [0.25, 0.3) is 5.91 Å². The van der Waals surface area contributed by atoms with Crippen LogP contribution in [0.5, 0.6) is 0 Å². The van der Waals surface area contributed by atoms with Gasteiger partial charge in [-0.3, -0.25) is 9.59 Å². The summed E-state index contributed by atoms with van der Waals surface area (Å²) in [6.45, 7) is 6.51. The molecular formula is C19H28N2O4. The Labute approximate surface area is 149 Å². The number of benzene rings is 1. The van der Waals surface area contributed by atoms with Gasteiger partial charge in [-0.15, -0.1) is 0 Å². The number of hydrogen-bond acceptors (Lipinski definition) is 4. The van der Waals surface area contributed by atoms with E-state index < -0.39 is 0 Å². The molecule has 1 unspecified atom stereocenters. The molecule has 138 valence electrons. The van der Waals surface area contributed by atoms with Gasteiger partial charge in [-0.25, -0.2) is 0 Å². The summed E-state index contributed by atoms with van der Waals surface area (Å²) in [7, 11) is 0. The number of carbonyl (C=O) groups is 2. The minimum absolute atomic E-state index is 0.0253. The molecule has 0 saturated carbocycles. The molecule has 0 bridgehead atoms. The molecule has 0 spiro atoms. The van der Waals surface area contributed by atoms with Gasteiger partial charge in [-0.1, -0.05) is 6.07 Å². The number of amides is 2. The van der Waals surface area contributed by atoms with Gasteiger partial charge in [0.05, 0.1) is 19.3 Å². The maximum Gasteiger partial charge on any atom is 0.251 e. The number of hydrogen-bond donors (Lipinski definition) is 2. The lowest BCUT2D eigenvalue weighted by Gasteiger charge is -2.10. The molecule has 1 aromatic rings. The molecule has 1 aliphatic heterocycles. The van der Waals surface area contributed by atoms with Crippen LogP contribution in [0.1, 0.15) is 40.7 Å². The van der Waals surface area contributed by atoms with E-state index in [-0.39, 0.29) is 24.5 Å². The van der Waals surface area contributed by atoms with E-state index in [0.29, 0.717) is 25.3 Å². The van der Waals surface area contributed by atoms with Gasteiger partial charge in [0.15, 0.2) is 0 Å². The van der Waals surface area contributed by atoms with Gasteiger partial charge in [0, 0.05) is 25.3 Å². The number of nitrogens with one attached hydrogen (secondary N) is 2. The predicted octanol–water partition coefficient (Wildman–Crippen LogP) is 1.74. The summed E-state index contributed by atoms with van der Waals surface area (Å²) in [6.07, 6.45) is 3.15. The summed E-state index contributed by atoms with van der Waals surface area (Å²) in [5.74, 6) is -0.436. The monoisotopic (exact) mass is 348 g/mol. The van der Waals surface area contributed by atoms with Crippen LogP contribution in [-0.2, 0) is 14.3 Å². The number of ether oxygens (including phenoxy) is 2. The van der Waals surface area contributed by atoms with Crippen LogP contribution in [0.2, 0.25) is 0 Å². The second kappa shape index (κ2) is 10.2. The first-order valence-electron chi connectivity index (χ1n) is 8.88. The van der Waals surface area contributed by atoms with Crippen LogP contribution in [0, 0.1) is 13.8 Å². The summed E-state index contributed by atoms with van der Waals surface area (Å²) in [6, 6.07) is 5.50. The highest BCUT2D eigenvalue weighted by Gasteiger charge is 2.15. The molecule has 0 aromatic heterocycles. The molecule has 1 saturated heterocycles. The van der Waals surface area contributed by atoms with Crippen molar-refractivity contribution in [1.29, 1.82) is 0 Å². The highest BCUT2D eigenvalue weighted by Crippen LogP contribution is 2.12. The van der Waals surface area contributed by atoms with Gasteiger partial charge in [0.2, 0.25) is 5.91 Å². The highest BCUT2D eigenvalue weighted by molar-refractivity contribution is 5.96. The molecular weight excluding hydrogens is 320 g/mol. The van der Waals surface area contributed by atoms with Crippen LogP contribution in [0.15, 0.2) is 18.2 Å². The van der Waals surface area contributed by atoms with Crippen molar-refractivity contribution >= 4 is 11.8 Å². The van der Waals surface area contributed by atoms with Crippen LogP contribution in [0.4, 0.5) is 0 Å². The Kier molecular flexibility index (Phi) is 7.88. The van der Waals surface area contributed by atoms with E-state index in [1.165, 1.54) is 0 Å². The zero-order valence-corrected chi connectivity index (χ0v) is 15.1. The molecule has 0 radical (unpaired) electrons. The summed E-state index contributed by atoms with van der Waals surface area (Å²) in [4.78, 5) is 23.8. The van der Waals surface area contributed by atoms with Crippen molar-refractivity contribution in [2.45, 2.75) is 39.2 Å². The van der Waals surface area contributed by atoms with Crippen LogP contribution >= 0.6 is 0 Å². The quantitative estimate of drug-likeness (QED) is 0.667. The molecule has 1 heterocycles. The molecule has 1 aromatic carbocycles. The van der Waals surface area contributed by atoms with Crippen molar-refractivity contribution in [3.8, 4) is 0 Å². The fraction of sp³-hybridized carbons (Fsp3) is 0.579. The Bertz CT molecular complexity index is 583. The number of rotatable bonds is 9. The van der Waals surface area contributed by atoms with E-state index in [9.17, 15) is 9.59 Å². The molecule has 1 fully saturated rings. The Morgan fingerprint density at radius 2 is 2.08 bits per heavy atom. The van der Waals surface area contributed by atoms with Crippen LogP contribution in [-0.4, -0.2) is 50.8 Å². The van der Waals surface area contributed by atoms with Crippen LogP contribution < -0.4 is 10.6 Å². The lowest BCUT2D eigenvalue weighted by molar-refractivity contribution is -0.120. The van der Waals surface area contributed by atoms with E-state index in [4.69, 9.17) is 9.47 Å². The smallest absolute Gasteiger partial charge is 0.251 e. The lowest BCUT2D eigenvalue weighted by Crippen LogP contribution is -2.37. The fourth-order valence-electron chi connectivity index (χ4n) is 2.60. The molecule has 25 heavy (non-hydrogen) atoms. The predicted molar refractivity (Wildman–Crippen MR) is 95.7 cm³/mol. The second-order valence-electron chi connectivity index (χ2n) is 6.40. The standard InChI is InChI=1S/C19H28N2O4/c1-14-6-7-16(11-15(14)2)19(23)21-12-18(22)20-8-4-9-24-13-17-5-3-10-25-17/h6-7,11,17H,3-5,8-10,12-13H2,1-2H3,(H,20,22)(H,21,23). The fourth-order valence-corrected chi connectivity index (χ4v) is 2.60. The van der Waals surface area contributed by atoms with Crippen molar-refractivity contribution < 1.29 is 19.1 Å². The summed E-state index contributed by atoms with van der Waals surface area (Å²) in [5, 5.41) is 5.41. The Morgan fingerprint density at radius 3 is 2.80 bits per heavy atom. The number of aryl methyl sites for hydroxylation is 2. The second-order valence-corrected chi connectivity index (χ2v) is 6.40. The third-order valence-corrected chi connectivity index (χ3v) is 4.29. The first-order valence-corrected chi connectivity index (χ1v) is 8.88. The first-order chi connectivity index (χ1) is 12.1. The first kappa shape index (κ1) is 19.4. The van der Waals surface area contributed by atoms with Gasteiger partial charge in [-0.05, 0) is 56.4 Å². The maximum atomic E-state index is 12.0. The Morgan fingerprint density at radius 1 is 1.24 bits per heavy atom. The zero-order chi connectivity index (χ0) is 18.1. The molecule has 1 aliphatic rings. The van der Waals surface area contributed by atoms with Crippen molar-refractivity contribution in [1.82, 2.24) is 10.6 Å². The molecule has 6 heteroatoms. The third kappa shape index (κ3) is 6.84. The van der Waals surface area contributed by atoms with Crippen molar-refractivity contribution in [2.24, 2.45) is 0 Å². The van der Waals surface area contributed by atoms with Crippen LogP contribution in [0.3, 0.4) is 0 Å². The van der Waals surface area contributed by atoms with E-state index in [1.807, 2.05) is 26.0 Å². The third-order valence-electron chi connectivity index (χ3n) is 4.29. The van der Waals surface area contributed by atoms with Gasteiger partial charge < -0.3 is 20.1 Å². The zero-order valence-electron chi connectivity index (χ0n) is 15.1. The minimum atomic E-state index is -0.238. The average molecular weight is 348 g/mol. The van der Waals surface area contributed by atoms with Crippen molar-refractivity contribution in [2.75, 3.05) is 32.9 Å². The van der Waals surface area contributed by atoms with E-state index in [2.05, 4.69) is 10.6 Å². The summed E-state index contributed by atoms with van der Waals surface area (Å²) >= 11 is 0. The molecule has 6 nitrogen and oxygen atoms in total. The Hall–Kier alpha value is -1.92. The van der Waals surface area contributed by atoms with Crippen molar-refractivity contribution in [3.63, 3.8) is 0 Å². The molecule has 2 rings (SSSR count). The lowest BCUT2D eigenvalue weighted by atomic mass is 10.1. The van der Waals surface area contributed by atoms with E-state index in [1.54, 1.807) is 6.07 Å². The van der Waals surface area contributed by atoms with Gasteiger partial charge in [0.1, 0.15) is 0 Å². The molecule has 1 atom stereocenters. The SMILES string of the molecule is Cc1ccc(C(=O)NCC(=O)NCCCOCC2CCCO2)cc1C. The maximum absolute atomic E-state index is 12.0. The summed E-state index contributed by atoms with van der Waals surface area (Å²) in [5.41, 5.74) is 2.76. The van der Waals surface area contributed by atoms with Crippen molar-refractivity contribution in [3.05, 3.63) is 34.9 Å². The molecule has 0 aliphatic carbocycles. The van der Waals surface area contributed by atoms with Gasteiger partial charge >= 0.3 is 0 Å². The van der Waals surface area contributed by atoms with E-state index in [0.717, 1.165) is 37.0 Å². The topological polar surface area (TPSA) is 76.7 Å². The van der Waals surface area contributed by atoms with Gasteiger partial charge in [-0.2, -0.15) is 0 Å². The molecule has 2 amide bonds. The molecule has 2 N–H and O–H groups in total.